The lowest BCUT2D eigenvalue weighted by molar-refractivity contribution is 0.226. The molecule has 1 rings (SSSR count). The highest BCUT2D eigenvalue weighted by Crippen LogP contribution is 2.24. The second-order valence-electron chi connectivity index (χ2n) is 7.19. The van der Waals surface area contributed by atoms with Crippen molar-refractivity contribution < 1.29 is 8.85 Å². The molecule has 120 valence electrons. The van der Waals surface area contributed by atoms with E-state index in [2.05, 4.69) is 77.7 Å². The van der Waals surface area contributed by atoms with E-state index in [-0.39, 0.29) is 6.10 Å². The van der Waals surface area contributed by atoms with Crippen LogP contribution in [0.2, 0.25) is 31.7 Å². The van der Waals surface area contributed by atoms with Gasteiger partial charge in [-0.3, -0.25) is 0 Å². The molecule has 0 amide bonds. The van der Waals surface area contributed by atoms with Gasteiger partial charge in [0.1, 0.15) is 0 Å². The molecule has 1 aromatic rings. The van der Waals surface area contributed by atoms with E-state index in [1.165, 1.54) is 5.19 Å². The van der Waals surface area contributed by atoms with Gasteiger partial charge in [0.05, 0.1) is 0 Å². The lowest BCUT2D eigenvalue weighted by Crippen LogP contribution is -2.51. The fourth-order valence-electron chi connectivity index (χ4n) is 2.82. The lowest BCUT2D eigenvalue weighted by Gasteiger charge is -2.34. The van der Waals surface area contributed by atoms with Crippen LogP contribution in [0.25, 0.3) is 0 Å². The molecule has 21 heavy (non-hydrogen) atoms. The van der Waals surface area contributed by atoms with Crippen LogP contribution in [-0.4, -0.2) is 28.8 Å². The first kappa shape index (κ1) is 18.6. The Bertz CT molecular complexity index is 418. The van der Waals surface area contributed by atoms with Gasteiger partial charge in [-0.05, 0) is 64.6 Å². The summed E-state index contributed by atoms with van der Waals surface area (Å²) in [5.74, 6) is 0. The van der Waals surface area contributed by atoms with Gasteiger partial charge in [0.25, 0.3) is 0 Å². The van der Waals surface area contributed by atoms with E-state index < -0.39 is 16.6 Å². The Labute approximate surface area is 133 Å². The standard InChI is InChI=1S/C17H32O2Si2/c1-15(2)18-20(5,6)13-14-21(7,19-16(3)4)17-11-9-8-10-12-17/h8-12,15-16H,13-14H2,1-7H3. The Kier molecular flexibility index (Phi) is 6.85. The van der Waals surface area contributed by atoms with Gasteiger partial charge in [0.2, 0.25) is 8.32 Å². The molecule has 4 heteroatoms. The topological polar surface area (TPSA) is 18.5 Å². The maximum absolute atomic E-state index is 6.43. The predicted octanol–water partition coefficient (Wildman–Crippen LogP) is 4.52. The largest absolute Gasteiger partial charge is 0.415 e. The van der Waals surface area contributed by atoms with Crippen molar-refractivity contribution in [3.05, 3.63) is 30.3 Å². The highest BCUT2D eigenvalue weighted by atomic mass is 28.4. The van der Waals surface area contributed by atoms with Crippen LogP contribution >= 0.6 is 0 Å². The van der Waals surface area contributed by atoms with Crippen molar-refractivity contribution in [2.24, 2.45) is 0 Å². The van der Waals surface area contributed by atoms with Crippen LogP contribution in [0.15, 0.2) is 30.3 Å². The summed E-state index contributed by atoms with van der Waals surface area (Å²) in [7, 11) is -3.50. The zero-order valence-corrected chi connectivity index (χ0v) is 16.8. The van der Waals surface area contributed by atoms with Crippen LogP contribution in [0, 0.1) is 0 Å². The van der Waals surface area contributed by atoms with Crippen molar-refractivity contribution in [2.45, 2.75) is 71.6 Å². The summed E-state index contributed by atoms with van der Waals surface area (Å²) in [4.78, 5) is 0. The van der Waals surface area contributed by atoms with Crippen LogP contribution in [0.1, 0.15) is 27.7 Å². The second-order valence-corrected chi connectivity index (χ2v) is 15.2. The van der Waals surface area contributed by atoms with E-state index in [1.807, 2.05) is 0 Å². The molecule has 1 atom stereocenters. The molecule has 0 aliphatic carbocycles. The van der Waals surface area contributed by atoms with Gasteiger partial charge in [-0.2, -0.15) is 0 Å². The molecule has 0 aliphatic heterocycles. The molecular formula is C17H32O2Si2. The molecule has 0 bridgehead atoms. The molecular weight excluding hydrogens is 292 g/mol. The van der Waals surface area contributed by atoms with Crippen LogP contribution in [-0.2, 0) is 8.85 Å². The summed E-state index contributed by atoms with van der Waals surface area (Å²) in [5, 5.41) is 1.40. The van der Waals surface area contributed by atoms with Gasteiger partial charge in [0.15, 0.2) is 8.32 Å². The van der Waals surface area contributed by atoms with Crippen LogP contribution in [0.3, 0.4) is 0 Å². The minimum atomic E-state index is -1.89. The van der Waals surface area contributed by atoms with Crippen molar-refractivity contribution >= 4 is 21.8 Å². The molecule has 0 N–H and O–H groups in total. The van der Waals surface area contributed by atoms with Gasteiger partial charge < -0.3 is 8.85 Å². The van der Waals surface area contributed by atoms with E-state index in [9.17, 15) is 0 Å². The van der Waals surface area contributed by atoms with Crippen molar-refractivity contribution in [3.63, 3.8) is 0 Å². The Morgan fingerprint density at radius 3 is 1.81 bits per heavy atom. The summed E-state index contributed by atoms with van der Waals surface area (Å²) in [6, 6.07) is 13.1. The summed E-state index contributed by atoms with van der Waals surface area (Å²) < 4.78 is 12.6. The zero-order valence-electron chi connectivity index (χ0n) is 14.8. The minimum Gasteiger partial charge on any atom is -0.415 e. The molecule has 0 radical (unpaired) electrons. The monoisotopic (exact) mass is 324 g/mol. The van der Waals surface area contributed by atoms with E-state index >= 15 is 0 Å². The predicted molar refractivity (Wildman–Crippen MR) is 97.2 cm³/mol. The molecule has 0 heterocycles. The first-order chi connectivity index (χ1) is 9.65. The third kappa shape index (κ3) is 6.47. The summed E-state index contributed by atoms with van der Waals surface area (Å²) in [5.41, 5.74) is 0. The summed E-state index contributed by atoms with van der Waals surface area (Å²) in [6.45, 7) is 15.5. The molecule has 1 unspecified atom stereocenters. The Balaban J connectivity index is 2.85. The van der Waals surface area contributed by atoms with Crippen molar-refractivity contribution in [2.75, 3.05) is 0 Å². The van der Waals surface area contributed by atoms with Gasteiger partial charge >= 0.3 is 0 Å². The average molecular weight is 325 g/mol. The van der Waals surface area contributed by atoms with E-state index in [0.717, 1.165) is 12.1 Å². The zero-order chi connectivity index (χ0) is 16.1. The highest BCUT2D eigenvalue weighted by Gasteiger charge is 2.36. The molecule has 0 aliphatic rings. The SMILES string of the molecule is CC(C)O[Si](C)(C)CC[Si](C)(OC(C)C)c1ccccc1. The van der Waals surface area contributed by atoms with Gasteiger partial charge in [-0.15, -0.1) is 0 Å². The molecule has 2 nitrogen and oxygen atoms in total. The number of hydrogen-bond donors (Lipinski definition) is 0. The van der Waals surface area contributed by atoms with E-state index in [0.29, 0.717) is 6.10 Å². The molecule has 0 aromatic heterocycles. The fraction of sp³-hybridized carbons (Fsp3) is 0.647. The van der Waals surface area contributed by atoms with Crippen LogP contribution in [0.5, 0.6) is 0 Å². The Morgan fingerprint density at radius 2 is 1.33 bits per heavy atom. The van der Waals surface area contributed by atoms with Gasteiger partial charge in [0, 0.05) is 12.2 Å². The fourth-order valence-corrected chi connectivity index (χ4v) is 11.0. The number of hydrogen-bond acceptors (Lipinski definition) is 2. The Morgan fingerprint density at radius 1 is 0.810 bits per heavy atom. The summed E-state index contributed by atoms with van der Waals surface area (Å²) >= 11 is 0. The smallest absolute Gasteiger partial charge is 0.221 e. The molecule has 0 spiro atoms. The second kappa shape index (κ2) is 7.72. The molecule has 0 saturated carbocycles. The first-order valence-electron chi connectivity index (χ1n) is 8.06. The number of rotatable bonds is 8. The third-order valence-electron chi connectivity index (χ3n) is 3.64. The van der Waals surface area contributed by atoms with E-state index in [1.54, 1.807) is 0 Å². The van der Waals surface area contributed by atoms with Crippen molar-refractivity contribution in [1.29, 1.82) is 0 Å². The van der Waals surface area contributed by atoms with Crippen molar-refractivity contribution in [1.82, 2.24) is 0 Å². The van der Waals surface area contributed by atoms with Crippen LogP contribution < -0.4 is 5.19 Å². The summed E-state index contributed by atoms with van der Waals surface area (Å²) in [6.07, 6.45) is 0.597. The third-order valence-corrected chi connectivity index (χ3v) is 10.5. The number of benzene rings is 1. The van der Waals surface area contributed by atoms with Crippen LogP contribution in [0.4, 0.5) is 0 Å². The molecule has 1 aromatic carbocycles. The lowest BCUT2D eigenvalue weighted by atomic mass is 10.4. The van der Waals surface area contributed by atoms with E-state index in [4.69, 9.17) is 8.85 Å². The van der Waals surface area contributed by atoms with Gasteiger partial charge in [-0.25, -0.2) is 0 Å². The first-order valence-corrected chi connectivity index (χ1v) is 13.8. The highest BCUT2D eigenvalue weighted by molar-refractivity contribution is 6.87. The quantitative estimate of drug-likeness (QED) is 0.654. The normalized spacial score (nSPS) is 15.5. The maximum Gasteiger partial charge on any atom is 0.221 e. The van der Waals surface area contributed by atoms with Gasteiger partial charge in [-0.1, -0.05) is 30.3 Å². The maximum atomic E-state index is 6.43. The van der Waals surface area contributed by atoms with Crippen molar-refractivity contribution in [3.8, 4) is 0 Å². The average Bonchev–Trinajstić information content (AvgIpc) is 2.35. The molecule has 0 saturated heterocycles. The Hall–Kier alpha value is -0.426. The minimum absolute atomic E-state index is 0.276. The molecule has 0 fully saturated rings.